The molecule has 24 heavy (non-hydrogen) atoms. The molecule has 0 aliphatic heterocycles. The minimum atomic E-state index is -0.812. The Labute approximate surface area is 142 Å². The van der Waals surface area contributed by atoms with Gasteiger partial charge in [0.2, 0.25) is 0 Å². The summed E-state index contributed by atoms with van der Waals surface area (Å²) in [5, 5.41) is 2.78. The third-order valence-electron chi connectivity index (χ3n) is 3.73. The minimum Gasteiger partial charge on any atom is -0.452 e. The van der Waals surface area contributed by atoms with E-state index in [9.17, 15) is 9.59 Å². The minimum absolute atomic E-state index is 0.163. The topological polar surface area (TPSA) is 55.4 Å². The number of aryl methyl sites for hydroxylation is 2. The molecule has 2 rings (SSSR count). The molecular formula is C20H23NO3. The van der Waals surface area contributed by atoms with Gasteiger partial charge in [0, 0.05) is 6.54 Å². The first-order valence-electron chi connectivity index (χ1n) is 8.02. The lowest BCUT2D eigenvalue weighted by Gasteiger charge is -2.14. The summed E-state index contributed by atoms with van der Waals surface area (Å²) < 4.78 is 5.20. The van der Waals surface area contributed by atoms with Crippen molar-refractivity contribution in [2.45, 2.75) is 39.8 Å². The second-order valence-electron chi connectivity index (χ2n) is 6.00. The van der Waals surface area contributed by atoms with Crippen LogP contribution in [0.4, 0.5) is 0 Å². The molecule has 0 saturated heterocycles. The van der Waals surface area contributed by atoms with Crippen molar-refractivity contribution >= 4 is 11.9 Å². The van der Waals surface area contributed by atoms with Crippen LogP contribution in [0.25, 0.3) is 0 Å². The van der Waals surface area contributed by atoms with E-state index in [1.165, 1.54) is 5.56 Å². The number of carbonyl (C=O) groups excluding carboxylic acids is 2. The average molecular weight is 325 g/mol. The standard InChI is InChI=1S/C20H23NO3/c1-14-4-8-17(9-5-14)12-19(22)24-16(3)20(23)21-13-18-10-6-15(2)7-11-18/h4-11,16H,12-13H2,1-3H3,(H,21,23)/t16-/m1/s1. The van der Waals surface area contributed by atoms with Crippen LogP contribution < -0.4 is 5.32 Å². The van der Waals surface area contributed by atoms with E-state index in [1.807, 2.05) is 62.4 Å². The van der Waals surface area contributed by atoms with Crippen molar-refractivity contribution in [1.29, 1.82) is 0 Å². The van der Waals surface area contributed by atoms with Crippen molar-refractivity contribution in [1.82, 2.24) is 5.32 Å². The molecule has 0 unspecified atom stereocenters. The average Bonchev–Trinajstić information content (AvgIpc) is 2.56. The van der Waals surface area contributed by atoms with Gasteiger partial charge in [-0.2, -0.15) is 0 Å². The van der Waals surface area contributed by atoms with Gasteiger partial charge in [-0.1, -0.05) is 59.7 Å². The van der Waals surface area contributed by atoms with Crippen LogP contribution in [0.15, 0.2) is 48.5 Å². The summed E-state index contributed by atoms with van der Waals surface area (Å²) in [7, 11) is 0. The van der Waals surface area contributed by atoms with Crippen LogP contribution in [0.3, 0.4) is 0 Å². The maximum Gasteiger partial charge on any atom is 0.311 e. The van der Waals surface area contributed by atoms with E-state index in [-0.39, 0.29) is 12.3 Å². The number of carbonyl (C=O) groups is 2. The normalized spacial score (nSPS) is 11.6. The van der Waals surface area contributed by atoms with Gasteiger partial charge in [0.1, 0.15) is 0 Å². The first-order chi connectivity index (χ1) is 11.4. The van der Waals surface area contributed by atoms with E-state index in [4.69, 9.17) is 4.74 Å². The highest BCUT2D eigenvalue weighted by atomic mass is 16.5. The van der Waals surface area contributed by atoms with Gasteiger partial charge in [0.25, 0.3) is 5.91 Å². The van der Waals surface area contributed by atoms with E-state index >= 15 is 0 Å². The molecule has 0 fully saturated rings. The Morgan fingerprint density at radius 2 is 1.42 bits per heavy atom. The molecule has 0 heterocycles. The molecule has 1 N–H and O–H groups in total. The number of rotatable bonds is 6. The monoisotopic (exact) mass is 325 g/mol. The van der Waals surface area contributed by atoms with E-state index in [0.29, 0.717) is 6.54 Å². The molecule has 2 aromatic rings. The lowest BCUT2D eigenvalue weighted by molar-refractivity contribution is -0.154. The van der Waals surface area contributed by atoms with Gasteiger partial charge >= 0.3 is 5.97 Å². The third kappa shape index (κ3) is 5.54. The highest BCUT2D eigenvalue weighted by Gasteiger charge is 2.17. The lowest BCUT2D eigenvalue weighted by Crippen LogP contribution is -2.35. The van der Waals surface area contributed by atoms with Crippen LogP contribution >= 0.6 is 0 Å². The predicted molar refractivity (Wildman–Crippen MR) is 93.5 cm³/mol. The summed E-state index contributed by atoms with van der Waals surface area (Å²) in [6, 6.07) is 15.6. The van der Waals surface area contributed by atoms with E-state index in [1.54, 1.807) is 6.92 Å². The first kappa shape index (κ1) is 17.7. The van der Waals surface area contributed by atoms with Crippen molar-refractivity contribution < 1.29 is 14.3 Å². The third-order valence-corrected chi connectivity index (χ3v) is 3.73. The second kappa shape index (κ2) is 8.29. The molecule has 0 spiro atoms. The Balaban J connectivity index is 1.78. The molecule has 0 radical (unpaired) electrons. The fourth-order valence-corrected chi connectivity index (χ4v) is 2.20. The van der Waals surface area contributed by atoms with Gasteiger partial charge in [-0.15, -0.1) is 0 Å². The largest absolute Gasteiger partial charge is 0.452 e. The summed E-state index contributed by atoms with van der Waals surface area (Å²) in [6.07, 6.45) is -0.649. The number of esters is 1. The van der Waals surface area contributed by atoms with Crippen molar-refractivity contribution in [2.24, 2.45) is 0 Å². The number of nitrogens with one attached hydrogen (secondary N) is 1. The Kier molecular flexibility index (Phi) is 6.13. The smallest absolute Gasteiger partial charge is 0.311 e. The molecule has 1 atom stereocenters. The van der Waals surface area contributed by atoms with Crippen molar-refractivity contribution in [3.05, 3.63) is 70.8 Å². The molecule has 4 nitrogen and oxygen atoms in total. The Hall–Kier alpha value is -2.62. The molecule has 0 saturated carbocycles. The zero-order valence-electron chi connectivity index (χ0n) is 14.3. The van der Waals surface area contributed by atoms with Crippen LogP contribution in [0.1, 0.15) is 29.2 Å². The van der Waals surface area contributed by atoms with Crippen molar-refractivity contribution in [2.75, 3.05) is 0 Å². The van der Waals surface area contributed by atoms with E-state index < -0.39 is 12.1 Å². The van der Waals surface area contributed by atoms with Gasteiger partial charge in [-0.05, 0) is 31.9 Å². The second-order valence-corrected chi connectivity index (χ2v) is 6.00. The zero-order valence-corrected chi connectivity index (χ0v) is 14.3. The summed E-state index contributed by atoms with van der Waals surface area (Å²) in [4.78, 5) is 23.9. The fourth-order valence-electron chi connectivity index (χ4n) is 2.20. The molecule has 0 aliphatic carbocycles. The van der Waals surface area contributed by atoms with Crippen LogP contribution in [-0.2, 0) is 27.3 Å². The molecule has 0 aromatic heterocycles. The maximum absolute atomic E-state index is 12.0. The summed E-state index contributed by atoms with van der Waals surface area (Å²) in [5.41, 5.74) is 4.18. The van der Waals surface area contributed by atoms with Gasteiger partial charge in [-0.25, -0.2) is 0 Å². The Morgan fingerprint density at radius 3 is 1.96 bits per heavy atom. The molecule has 126 valence electrons. The highest BCUT2D eigenvalue weighted by molar-refractivity contribution is 5.83. The summed E-state index contributed by atoms with van der Waals surface area (Å²) >= 11 is 0. The summed E-state index contributed by atoms with van der Waals surface area (Å²) in [5.74, 6) is -0.704. The number of hydrogen-bond acceptors (Lipinski definition) is 3. The molecule has 0 aliphatic rings. The fraction of sp³-hybridized carbons (Fsp3) is 0.300. The van der Waals surface area contributed by atoms with Crippen LogP contribution in [-0.4, -0.2) is 18.0 Å². The number of hydrogen-bond donors (Lipinski definition) is 1. The molecule has 2 aromatic carbocycles. The number of amides is 1. The van der Waals surface area contributed by atoms with Gasteiger partial charge in [0.05, 0.1) is 6.42 Å². The lowest BCUT2D eigenvalue weighted by atomic mass is 10.1. The first-order valence-corrected chi connectivity index (χ1v) is 8.02. The SMILES string of the molecule is Cc1ccc(CNC(=O)[C@@H](C)OC(=O)Cc2ccc(C)cc2)cc1. The van der Waals surface area contributed by atoms with E-state index in [0.717, 1.165) is 16.7 Å². The summed E-state index contributed by atoms with van der Waals surface area (Å²) in [6.45, 7) is 6.00. The number of ether oxygens (including phenoxy) is 1. The van der Waals surface area contributed by atoms with E-state index in [2.05, 4.69) is 5.32 Å². The molecule has 1 amide bonds. The zero-order chi connectivity index (χ0) is 17.5. The Bertz CT molecular complexity index is 690. The van der Waals surface area contributed by atoms with Gasteiger partial charge < -0.3 is 10.1 Å². The van der Waals surface area contributed by atoms with Crippen LogP contribution in [0, 0.1) is 13.8 Å². The van der Waals surface area contributed by atoms with Crippen molar-refractivity contribution in [3.63, 3.8) is 0 Å². The Morgan fingerprint density at radius 1 is 0.917 bits per heavy atom. The highest BCUT2D eigenvalue weighted by Crippen LogP contribution is 2.06. The quantitative estimate of drug-likeness (QED) is 0.830. The van der Waals surface area contributed by atoms with Gasteiger partial charge in [-0.3, -0.25) is 9.59 Å². The van der Waals surface area contributed by atoms with Crippen molar-refractivity contribution in [3.8, 4) is 0 Å². The molecule has 0 bridgehead atoms. The molecular weight excluding hydrogens is 302 g/mol. The maximum atomic E-state index is 12.0. The predicted octanol–water partition coefficient (Wildman–Crippen LogP) is 3.09. The molecule has 4 heteroatoms. The van der Waals surface area contributed by atoms with Crippen LogP contribution in [0.2, 0.25) is 0 Å². The van der Waals surface area contributed by atoms with Crippen LogP contribution in [0.5, 0.6) is 0 Å². The van der Waals surface area contributed by atoms with Gasteiger partial charge in [0.15, 0.2) is 6.10 Å². The number of benzene rings is 2.